The van der Waals surface area contributed by atoms with Crippen LogP contribution in [0.3, 0.4) is 0 Å². The molecule has 2 aliphatic rings. The molecular formula is C27H30N4O. The highest BCUT2D eigenvalue weighted by molar-refractivity contribution is 5.76. The summed E-state index contributed by atoms with van der Waals surface area (Å²) in [5.74, 6) is 0.550. The second-order valence-electron chi connectivity index (χ2n) is 9.19. The number of rotatable bonds is 5. The number of hydrogen-bond acceptors (Lipinski definition) is 4. The first kappa shape index (κ1) is 20.8. The van der Waals surface area contributed by atoms with E-state index in [1.165, 1.54) is 19.3 Å². The van der Waals surface area contributed by atoms with Crippen molar-refractivity contribution in [3.8, 4) is 12.5 Å². The van der Waals surface area contributed by atoms with Crippen LogP contribution in [0, 0.1) is 12.5 Å². The minimum absolute atomic E-state index is 0.0721. The van der Waals surface area contributed by atoms with Gasteiger partial charge in [0.05, 0.1) is 0 Å². The van der Waals surface area contributed by atoms with Gasteiger partial charge in [-0.3, -0.25) is 14.3 Å². The summed E-state index contributed by atoms with van der Waals surface area (Å²) in [6, 6.07) is 15.4. The second kappa shape index (κ2) is 9.16. The molecule has 2 saturated carbocycles. The van der Waals surface area contributed by atoms with Gasteiger partial charge in [0.1, 0.15) is 5.65 Å². The Labute approximate surface area is 189 Å². The topological polar surface area (TPSA) is 51.0 Å². The lowest BCUT2D eigenvalue weighted by atomic mass is 9.94. The first-order chi connectivity index (χ1) is 15.7. The Morgan fingerprint density at radius 1 is 1.03 bits per heavy atom. The molecule has 2 fully saturated rings. The van der Waals surface area contributed by atoms with E-state index in [4.69, 9.17) is 11.4 Å². The van der Waals surface area contributed by atoms with Gasteiger partial charge in [0, 0.05) is 41.7 Å². The standard InChI is InChI=1S/C27H30N4O/c1-2-30(23-13-7-4-8-14-23)27-28-19-22-18-21(17-20-11-5-3-6-12-20)26(32)31(25(22)29-27)24-15-9-10-16-24/h1,3,5-6,11-12,18-19,23-24H,4,7-10,13-17H2. The van der Waals surface area contributed by atoms with E-state index in [1.54, 1.807) is 0 Å². The van der Waals surface area contributed by atoms with Crippen molar-refractivity contribution in [1.29, 1.82) is 0 Å². The molecular weight excluding hydrogens is 396 g/mol. The maximum Gasteiger partial charge on any atom is 0.256 e. The quantitative estimate of drug-likeness (QED) is 0.414. The lowest BCUT2D eigenvalue weighted by Gasteiger charge is -2.30. The SMILES string of the molecule is C#CN(c1ncc2cc(Cc3ccccc3)c(=O)n(C3CCCC3)c2n1)C1CCCCC1. The van der Waals surface area contributed by atoms with E-state index >= 15 is 0 Å². The lowest BCUT2D eigenvalue weighted by molar-refractivity contribution is 0.434. The van der Waals surface area contributed by atoms with E-state index in [9.17, 15) is 4.79 Å². The first-order valence-corrected chi connectivity index (χ1v) is 11.9. The fourth-order valence-corrected chi connectivity index (χ4v) is 5.39. The number of fused-ring (bicyclic) bond motifs is 1. The number of pyridine rings is 1. The van der Waals surface area contributed by atoms with Crippen molar-refractivity contribution in [2.45, 2.75) is 76.3 Å². The zero-order valence-electron chi connectivity index (χ0n) is 18.5. The highest BCUT2D eigenvalue weighted by atomic mass is 16.1. The molecule has 3 aromatic rings. The van der Waals surface area contributed by atoms with Gasteiger partial charge in [-0.15, -0.1) is 0 Å². The molecule has 0 aliphatic heterocycles. The van der Waals surface area contributed by atoms with Crippen LogP contribution in [0.5, 0.6) is 0 Å². The summed E-state index contributed by atoms with van der Waals surface area (Å²) in [4.78, 5) is 25.1. The van der Waals surface area contributed by atoms with Crippen molar-refractivity contribution >= 4 is 17.0 Å². The summed E-state index contributed by atoms with van der Waals surface area (Å²) in [6.45, 7) is 0. The van der Waals surface area contributed by atoms with Gasteiger partial charge in [-0.25, -0.2) is 4.98 Å². The van der Waals surface area contributed by atoms with Crippen molar-refractivity contribution in [2.24, 2.45) is 0 Å². The van der Waals surface area contributed by atoms with Crippen molar-refractivity contribution in [2.75, 3.05) is 4.90 Å². The number of anilines is 1. The van der Waals surface area contributed by atoms with Gasteiger partial charge < -0.3 is 0 Å². The van der Waals surface area contributed by atoms with Gasteiger partial charge in [0.25, 0.3) is 5.56 Å². The molecule has 0 unspecified atom stereocenters. The first-order valence-electron chi connectivity index (χ1n) is 11.9. The Morgan fingerprint density at radius 3 is 2.47 bits per heavy atom. The molecule has 0 radical (unpaired) electrons. The molecule has 0 N–H and O–H groups in total. The Balaban J connectivity index is 1.61. The third-order valence-corrected chi connectivity index (χ3v) is 7.06. The molecule has 5 nitrogen and oxygen atoms in total. The molecule has 32 heavy (non-hydrogen) atoms. The van der Waals surface area contributed by atoms with Gasteiger partial charge in [-0.05, 0) is 37.3 Å². The smallest absolute Gasteiger partial charge is 0.256 e. The van der Waals surface area contributed by atoms with Crippen LogP contribution in [-0.2, 0) is 6.42 Å². The molecule has 0 saturated heterocycles. The van der Waals surface area contributed by atoms with Crippen LogP contribution in [0.25, 0.3) is 11.0 Å². The number of hydrogen-bond donors (Lipinski definition) is 0. The molecule has 5 rings (SSSR count). The number of benzene rings is 1. The molecule has 5 heteroatoms. The fourth-order valence-electron chi connectivity index (χ4n) is 5.39. The summed E-state index contributed by atoms with van der Waals surface area (Å²) in [5.41, 5.74) is 2.73. The minimum Gasteiger partial charge on any atom is -0.289 e. The van der Waals surface area contributed by atoms with Crippen molar-refractivity contribution in [3.05, 3.63) is 64.1 Å². The molecule has 0 bridgehead atoms. The number of nitrogens with zero attached hydrogens (tertiary/aromatic N) is 4. The van der Waals surface area contributed by atoms with E-state index in [1.807, 2.05) is 39.9 Å². The Bertz CT molecular complexity index is 1180. The molecule has 2 heterocycles. The fraction of sp³-hybridized carbons (Fsp3) is 0.444. The zero-order valence-corrected chi connectivity index (χ0v) is 18.5. The van der Waals surface area contributed by atoms with Crippen LogP contribution in [0.4, 0.5) is 5.95 Å². The largest absolute Gasteiger partial charge is 0.289 e. The molecule has 2 aliphatic carbocycles. The summed E-state index contributed by atoms with van der Waals surface area (Å²) >= 11 is 0. The summed E-state index contributed by atoms with van der Waals surface area (Å²) in [7, 11) is 0. The minimum atomic E-state index is 0.0721. The molecule has 1 aromatic carbocycles. The van der Waals surface area contributed by atoms with E-state index in [-0.39, 0.29) is 17.6 Å². The predicted octanol–water partition coefficient (Wildman–Crippen LogP) is 5.23. The highest BCUT2D eigenvalue weighted by Crippen LogP contribution is 2.32. The zero-order chi connectivity index (χ0) is 21.9. The second-order valence-corrected chi connectivity index (χ2v) is 9.19. The van der Waals surface area contributed by atoms with Crippen LogP contribution in [0.2, 0.25) is 0 Å². The van der Waals surface area contributed by atoms with E-state index in [0.29, 0.717) is 12.4 Å². The lowest BCUT2D eigenvalue weighted by Crippen LogP contribution is -2.34. The van der Waals surface area contributed by atoms with E-state index < -0.39 is 0 Å². The average molecular weight is 427 g/mol. The van der Waals surface area contributed by atoms with Gasteiger partial charge in [0.15, 0.2) is 0 Å². The monoisotopic (exact) mass is 426 g/mol. The summed E-state index contributed by atoms with van der Waals surface area (Å²) in [5, 5.41) is 0.909. The molecule has 0 amide bonds. The van der Waals surface area contributed by atoms with Crippen molar-refractivity contribution in [3.63, 3.8) is 0 Å². The van der Waals surface area contributed by atoms with Gasteiger partial charge in [0.2, 0.25) is 5.95 Å². The van der Waals surface area contributed by atoms with E-state index in [2.05, 4.69) is 23.2 Å². The third-order valence-electron chi connectivity index (χ3n) is 7.06. The van der Waals surface area contributed by atoms with Gasteiger partial charge in [-0.1, -0.05) is 68.9 Å². The summed E-state index contributed by atoms with van der Waals surface area (Å²) < 4.78 is 1.95. The van der Waals surface area contributed by atoms with Crippen LogP contribution < -0.4 is 10.5 Å². The van der Waals surface area contributed by atoms with Crippen LogP contribution in [-0.4, -0.2) is 20.6 Å². The van der Waals surface area contributed by atoms with Gasteiger partial charge in [-0.2, -0.15) is 4.98 Å². The number of aromatic nitrogens is 3. The van der Waals surface area contributed by atoms with Crippen LogP contribution in [0.1, 0.15) is 75.0 Å². The Hall–Kier alpha value is -3.13. The summed E-state index contributed by atoms with van der Waals surface area (Å²) in [6.07, 6.45) is 18.5. The Kier molecular flexibility index (Phi) is 5.94. The van der Waals surface area contributed by atoms with Crippen molar-refractivity contribution in [1.82, 2.24) is 14.5 Å². The molecule has 164 valence electrons. The normalized spacial score (nSPS) is 17.5. The van der Waals surface area contributed by atoms with Crippen LogP contribution >= 0.6 is 0 Å². The Morgan fingerprint density at radius 2 is 1.75 bits per heavy atom. The number of terminal acetylenes is 1. The van der Waals surface area contributed by atoms with E-state index in [0.717, 1.165) is 60.7 Å². The highest BCUT2D eigenvalue weighted by Gasteiger charge is 2.26. The van der Waals surface area contributed by atoms with Gasteiger partial charge >= 0.3 is 0 Å². The third kappa shape index (κ3) is 4.02. The predicted molar refractivity (Wildman–Crippen MR) is 129 cm³/mol. The average Bonchev–Trinajstić information content (AvgIpc) is 3.36. The molecule has 0 spiro atoms. The van der Waals surface area contributed by atoms with Crippen LogP contribution in [0.15, 0.2) is 47.4 Å². The van der Waals surface area contributed by atoms with Crippen molar-refractivity contribution < 1.29 is 0 Å². The maximum atomic E-state index is 13.7. The molecule has 0 atom stereocenters. The maximum absolute atomic E-state index is 13.7. The molecule has 2 aromatic heterocycles.